The number of rotatable bonds is 3. The van der Waals surface area contributed by atoms with Gasteiger partial charge in [-0.2, -0.15) is 5.26 Å². The highest BCUT2D eigenvalue weighted by atomic mass is 19.1. The summed E-state index contributed by atoms with van der Waals surface area (Å²) in [6.45, 7) is 0.946. The van der Waals surface area contributed by atoms with E-state index in [0.717, 1.165) is 5.56 Å². The third-order valence-corrected chi connectivity index (χ3v) is 2.59. The smallest absolute Gasteiger partial charge is 0.123 e. The van der Waals surface area contributed by atoms with E-state index in [2.05, 4.69) is 6.07 Å². The number of hydrogen-bond donors (Lipinski definition) is 1. The summed E-state index contributed by atoms with van der Waals surface area (Å²) >= 11 is 0. The van der Waals surface area contributed by atoms with Gasteiger partial charge in [0.05, 0.1) is 11.6 Å². The molecule has 4 heteroatoms. The molecule has 17 heavy (non-hydrogen) atoms. The lowest BCUT2D eigenvalue weighted by Crippen LogP contribution is -2.00. The normalized spacial score (nSPS) is 10.2. The van der Waals surface area contributed by atoms with Crippen molar-refractivity contribution < 1.29 is 4.39 Å². The summed E-state index contributed by atoms with van der Waals surface area (Å²) in [4.78, 5) is 0. The van der Waals surface area contributed by atoms with E-state index in [-0.39, 0.29) is 5.82 Å². The van der Waals surface area contributed by atoms with Gasteiger partial charge in [0, 0.05) is 25.5 Å². The maximum atomic E-state index is 13.1. The zero-order chi connectivity index (χ0) is 12.3. The molecule has 0 unspecified atom stereocenters. The van der Waals surface area contributed by atoms with Crippen LogP contribution >= 0.6 is 0 Å². The number of aromatic nitrogens is 1. The molecule has 2 N–H and O–H groups in total. The van der Waals surface area contributed by atoms with Crippen LogP contribution in [0, 0.1) is 17.1 Å². The summed E-state index contributed by atoms with van der Waals surface area (Å²) in [5.74, 6) is -0.329. The fraction of sp³-hybridized carbons (Fsp3) is 0.154. The quantitative estimate of drug-likeness (QED) is 0.875. The third kappa shape index (κ3) is 2.52. The van der Waals surface area contributed by atoms with Crippen molar-refractivity contribution in [2.24, 2.45) is 5.73 Å². The second-order valence-corrected chi connectivity index (χ2v) is 3.81. The molecule has 0 saturated carbocycles. The minimum Gasteiger partial charge on any atom is -0.350 e. The van der Waals surface area contributed by atoms with Gasteiger partial charge >= 0.3 is 0 Å². The Balaban J connectivity index is 2.29. The Kier molecular flexibility index (Phi) is 3.22. The van der Waals surface area contributed by atoms with Crippen LogP contribution in [-0.4, -0.2) is 4.57 Å². The summed E-state index contributed by atoms with van der Waals surface area (Å²) < 4.78 is 15.0. The van der Waals surface area contributed by atoms with Crippen LogP contribution in [0.4, 0.5) is 4.39 Å². The predicted octanol–water partition coefficient (Wildman–Crippen LogP) is 2.01. The summed E-state index contributed by atoms with van der Waals surface area (Å²) in [7, 11) is 0. The molecule has 1 aromatic carbocycles. The van der Waals surface area contributed by atoms with Gasteiger partial charge in [-0.15, -0.1) is 0 Å². The van der Waals surface area contributed by atoms with Crippen molar-refractivity contribution in [3.63, 3.8) is 0 Å². The number of nitriles is 1. The third-order valence-electron chi connectivity index (χ3n) is 2.59. The fourth-order valence-corrected chi connectivity index (χ4v) is 1.71. The molecule has 0 aliphatic heterocycles. The molecule has 86 valence electrons. The lowest BCUT2D eigenvalue weighted by Gasteiger charge is -2.05. The molecule has 0 spiro atoms. The summed E-state index contributed by atoms with van der Waals surface area (Å²) in [5, 5.41) is 8.94. The van der Waals surface area contributed by atoms with Crippen LogP contribution in [0.1, 0.15) is 16.7 Å². The Bertz CT molecular complexity index is 566. The van der Waals surface area contributed by atoms with Crippen LogP contribution in [0.25, 0.3) is 0 Å². The van der Waals surface area contributed by atoms with Crippen molar-refractivity contribution >= 4 is 0 Å². The van der Waals surface area contributed by atoms with E-state index in [1.807, 2.05) is 23.0 Å². The van der Waals surface area contributed by atoms with Crippen molar-refractivity contribution in [2.75, 3.05) is 0 Å². The van der Waals surface area contributed by atoms with Gasteiger partial charge < -0.3 is 10.3 Å². The van der Waals surface area contributed by atoms with E-state index in [4.69, 9.17) is 11.0 Å². The second-order valence-electron chi connectivity index (χ2n) is 3.81. The number of nitrogens with two attached hydrogens (primary N) is 1. The highest BCUT2D eigenvalue weighted by molar-refractivity contribution is 5.38. The number of hydrogen-bond acceptors (Lipinski definition) is 2. The largest absolute Gasteiger partial charge is 0.350 e. The molecule has 0 atom stereocenters. The van der Waals surface area contributed by atoms with Gasteiger partial charge in [-0.05, 0) is 35.4 Å². The van der Waals surface area contributed by atoms with Crippen LogP contribution < -0.4 is 5.73 Å². The SMILES string of the molecule is N#Cc1ccc(F)cc1Cn1ccc(CN)c1. The Morgan fingerprint density at radius 1 is 1.35 bits per heavy atom. The maximum absolute atomic E-state index is 13.1. The molecule has 2 aromatic rings. The Hall–Kier alpha value is -2.12. The minimum atomic E-state index is -0.329. The van der Waals surface area contributed by atoms with E-state index in [0.29, 0.717) is 24.2 Å². The molecular weight excluding hydrogens is 217 g/mol. The van der Waals surface area contributed by atoms with Gasteiger partial charge in [0.1, 0.15) is 5.82 Å². The second kappa shape index (κ2) is 4.81. The van der Waals surface area contributed by atoms with Crippen LogP contribution in [0.3, 0.4) is 0 Å². The zero-order valence-corrected chi connectivity index (χ0v) is 9.23. The molecule has 1 aromatic heterocycles. The minimum absolute atomic E-state index is 0.329. The fourth-order valence-electron chi connectivity index (χ4n) is 1.71. The van der Waals surface area contributed by atoms with Crippen molar-refractivity contribution in [1.29, 1.82) is 5.26 Å². The highest BCUT2D eigenvalue weighted by Crippen LogP contribution is 2.13. The summed E-state index contributed by atoms with van der Waals surface area (Å²) in [6.07, 6.45) is 3.76. The molecule has 0 aliphatic carbocycles. The molecule has 0 fully saturated rings. The number of halogens is 1. The van der Waals surface area contributed by atoms with E-state index in [9.17, 15) is 4.39 Å². The van der Waals surface area contributed by atoms with Gasteiger partial charge in [0.2, 0.25) is 0 Å². The molecule has 2 rings (SSSR count). The Labute approximate surface area is 98.9 Å². The van der Waals surface area contributed by atoms with Crippen molar-refractivity contribution in [1.82, 2.24) is 4.57 Å². The lowest BCUT2D eigenvalue weighted by atomic mass is 10.1. The number of benzene rings is 1. The molecule has 0 radical (unpaired) electrons. The molecule has 0 aliphatic rings. The van der Waals surface area contributed by atoms with Gasteiger partial charge in [-0.3, -0.25) is 0 Å². The van der Waals surface area contributed by atoms with Gasteiger partial charge in [0.25, 0.3) is 0 Å². The zero-order valence-electron chi connectivity index (χ0n) is 9.23. The van der Waals surface area contributed by atoms with Crippen LogP contribution in [-0.2, 0) is 13.1 Å². The molecular formula is C13H12FN3. The first kappa shape index (κ1) is 11.4. The summed E-state index contributed by atoms with van der Waals surface area (Å²) in [6, 6.07) is 8.15. The van der Waals surface area contributed by atoms with E-state index in [1.165, 1.54) is 18.2 Å². The van der Waals surface area contributed by atoms with E-state index >= 15 is 0 Å². The molecule has 3 nitrogen and oxygen atoms in total. The van der Waals surface area contributed by atoms with Crippen LogP contribution in [0.5, 0.6) is 0 Å². The van der Waals surface area contributed by atoms with Crippen molar-refractivity contribution in [3.05, 3.63) is 59.2 Å². The van der Waals surface area contributed by atoms with Crippen LogP contribution in [0.15, 0.2) is 36.7 Å². The average molecular weight is 229 g/mol. The average Bonchev–Trinajstić information content (AvgIpc) is 2.77. The molecule has 1 heterocycles. The predicted molar refractivity (Wildman–Crippen MR) is 62.5 cm³/mol. The maximum Gasteiger partial charge on any atom is 0.123 e. The van der Waals surface area contributed by atoms with E-state index < -0.39 is 0 Å². The topological polar surface area (TPSA) is 54.7 Å². The van der Waals surface area contributed by atoms with Gasteiger partial charge in [-0.25, -0.2) is 4.39 Å². The molecule has 0 bridgehead atoms. The van der Waals surface area contributed by atoms with Crippen molar-refractivity contribution in [3.8, 4) is 6.07 Å². The monoisotopic (exact) mass is 229 g/mol. The van der Waals surface area contributed by atoms with Gasteiger partial charge in [-0.1, -0.05) is 0 Å². The first-order chi connectivity index (χ1) is 8.22. The summed E-state index contributed by atoms with van der Waals surface area (Å²) in [5.41, 5.74) is 7.69. The van der Waals surface area contributed by atoms with Crippen molar-refractivity contribution in [2.45, 2.75) is 13.1 Å². The lowest BCUT2D eigenvalue weighted by molar-refractivity contribution is 0.623. The van der Waals surface area contributed by atoms with Gasteiger partial charge in [0.15, 0.2) is 0 Å². The Morgan fingerprint density at radius 2 is 2.18 bits per heavy atom. The van der Waals surface area contributed by atoms with Crippen LogP contribution in [0.2, 0.25) is 0 Å². The van der Waals surface area contributed by atoms with E-state index in [1.54, 1.807) is 0 Å². The number of nitrogens with zero attached hydrogens (tertiary/aromatic N) is 2. The highest BCUT2D eigenvalue weighted by Gasteiger charge is 2.04. The first-order valence-corrected chi connectivity index (χ1v) is 5.26. The first-order valence-electron chi connectivity index (χ1n) is 5.26. The standard InChI is InChI=1S/C13H12FN3/c14-13-2-1-11(7-16)12(5-13)9-17-4-3-10(6-15)8-17/h1-5,8H,6,9,15H2. The molecule has 0 saturated heterocycles. The molecule has 0 amide bonds. The Morgan fingerprint density at radius 3 is 2.82 bits per heavy atom.